The fourth-order valence-electron chi connectivity index (χ4n) is 2.56. The third kappa shape index (κ3) is 4.89. The molecule has 1 heterocycles. The van der Waals surface area contributed by atoms with E-state index in [1.165, 1.54) is 41.2 Å². The van der Waals surface area contributed by atoms with Crippen molar-refractivity contribution in [2.24, 2.45) is 0 Å². The van der Waals surface area contributed by atoms with Gasteiger partial charge in [-0.15, -0.1) is 11.3 Å². The number of thiazole rings is 1. The first kappa shape index (κ1) is 19.4. The summed E-state index contributed by atoms with van der Waals surface area (Å²) in [5.74, 6) is 0.125. The zero-order valence-corrected chi connectivity index (χ0v) is 16.3. The van der Waals surface area contributed by atoms with Gasteiger partial charge in [-0.3, -0.25) is 20.2 Å². The van der Waals surface area contributed by atoms with Gasteiger partial charge >= 0.3 is 0 Å². The molecule has 0 aliphatic rings. The number of nitrogens with zero attached hydrogens (tertiary/aromatic N) is 2. The second kappa shape index (κ2) is 8.58. The number of nitro benzene ring substituents is 1. The van der Waals surface area contributed by atoms with Gasteiger partial charge in [-0.25, -0.2) is 4.98 Å². The van der Waals surface area contributed by atoms with Crippen molar-refractivity contribution in [3.05, 3.63) is 81.2 Å². The first-order chi connectivity index (χ1) is 13.4. The molecule has 0 bridgehead atoms. The smallest absolute Gasteiger partial charge is 0.270 e. The molecule has 0 unspecified atom stereocenters. The summed E-state index contributed by atoms with van der Waals surface area (Å²) in [6, 6.07) is 14.3. The number of hydrogen-bond donors (Lipinski definition) is 1. The minimum Gasteiger partial charge on any atom is -0.298 e. The Bertz CT molecular complexity index is 1020. The summed E-state index contributed by atoms with van der Waals surface area (Å²) in [6.07, 6.45) is 2.86. The number of carbonyl (C=O) groups excluding carboxylic acids is 1. The van der Waals surface area contributed by atoms with Gasteiger partial charge in [0.1, 0.15) is 0 Å². The third-order valence-corrected chi connectivity index (χ3v) is 4.87. The zero-order valence-electron chi connectivity index (χ0n) is 15.5. The number of non-ortho nitro benzene ring substituents is 1. The summed E-state index contributed by atoms with van der Waals surface area (Å²) in [6.45, 7) is 4.29. The average molecular weight is 393 g/mol. The predicted octanol–water partition coefficient (Wildman–Crippen LogP) is 5.49. The fourth-order valence-corrected chi connectivity index (χ4v) is 3.29. The molecule has 3 aromatic rings. The Kier molecular flexibility index (Phi) is 5.96. The highest BCUT2D eigenvalue weighted by Gasteiger charge is 2.08. The Morgan fingerprint density at radius 1 is 1.21 bits per heavy atom. The number of benzene rings is 2. The van der Waals surface area contributed by atoms with Crippen molar-refractivity contribution >= 4 is 34.1 Å². The first-order valence-corrected chi connectivity index (χ1v) is 9.60. The molecule has 0 saturated carbocycles. The highest BCUT2D eigenvalue weighted by molar-refractivity contribution is 7.14. The number of nitro groups is 1. The highest BCUT2D eigenvalue weighted by atomic mass is 32.1. The Morgan fingerprint density at radius 2 is 1.96 bits per heavy atom. The third-order valence-electron chi connectivity index (χ3n) is 4.12. The lowest BCUT2D eigenvalue weighted by atomic mass is 10.0. The van der Waals surface area contributed by atoms with Gasteiger partial charge < -0.3 is 0 Å². The molecule has 7 heteroatoms. The van der Waals surface area contributed by atoms with E-state index < -0.39 is 4.92 Å². The number of amides is 1. The molecule has 3 rings (SSSR count). The van der Waals surface area contributed by atoms with Crippen LogP contribution in [0.3, 0.4) is 0 Å². The van der Waals surface area contributed by atoms with Crippen molar-refractivity contribution in [3.63, 3.8) is 0 Å². The van der Waals surface area contributed by atoms with E-state index in [1.54, 1.807) is 12.1 Å². The second-order valence-electron chi connectivity index (χ2n) is 6.49. The summed E-state index contributed by atoms with van der Waals surface area (Å²) >= 11 is 1.34. The van der Waals surface area contributed by atoms with Crippen molar-refractivity contribution in [1.82, 2.24) is 4.98 Å². The van der Waals surface area contributed by atoms with Crippen LogP contribution in [0.2, 0.25) is 0 Å². The fraction of sp³-hybridized carbons (Fsp3) is 0.143. The van der Waals surface area contributed by atoms with Crippen LogP contribution in [0, 0.1) is 10.1 Å². The van der Waals surface area contributed by atoms with Crippen LogP contribution in [0.25, 0.3) is 17.3 Å². The molecule has 0 radical (unpaired) electrons. The lowest BCUT2D eigenvalue weighted by molar-refractivity contribution is -0.384. The monoisotopic (exact) mass is 393 g/mol. The maximum atomic E-state index is 12.1. The standard InChI is InChI=1S/C21H19N3O3S/c1-14(2)16-7-9-17(10-8-16)19-13-28-21(22-19)23-20(25)11-6-15-4-3-5-18(12-15)24(26)27/h3-14H,1-2H3,(H,22,23,25). The van der Waals surface area contributed by atoms with Gasteiger partial charge in [-0.1, -0.05) is 50.2 Å². The van der Waals surface area contributed by atoms with E-state index in [-0.39, 0.29) is 11.6 Å². The number of nitrogens with one attached hydrogen (secondary N) is 1. The van der Waals surface area contributed by atoms with E-state index in [0.29, 0.717) is 16.6 Å². The molecular formula is C21H19N3O3S. The van der Waals surface area contributed by atoms with E-state index in [1.807, 2.05) is 17.5 Å². The molecular weight excluding hydrogens is 374 g/mol. The lowest BCUT2D eigenvalue weighted by Gasteiger charge is -2.05. The summed E-state index contributed by atoms with van der Waals surface area (Å²) in [5, 5.41) is 15.9. The maximum absolute atomic E-state index is 12.1. The van der Waals surface area contributed by atoms with Gasteiger partial charge in [-0.2, -0.15) is 0 Å². The molecule has 0 spiro atoms. The molecule has 0 fully saturated rings. The summed E-state index contributed by atoms with van der Waals surface area (Å²) in [7, 11) is 0. The molecule has 6 nitrogen and oxygen atoms in total. The van der Waals surface area contributed by atoms with Gasteiger partial charge in [0, 0.05) is 29.2 Å². The molecule has 2 aromatic carbocycles. The van der Waals surface area contributed by atoms with Crippen LogP contribution in [0.1, 0.15) is 30.9 Å². The van der Waals surface area contributed by atoms with Crippen LogP contribution < -0.4 is 5.32 Å². The number of carbonyl (C=O) groups is 1. The largest absolute Gasteiger partial charge is 0.298 e. The maximum Gasteiger partial charge on any atom is 0.270 e. The minimum absolute atomic E-state index is 0.0180. The normalized spacial score (nSPS) is 11.1. The van der Waals surface area contributed by atoms with Crippen LogP contribution in [0.15, 0.2) is 60.0 Å². The molecule has 0 aliphatic carbocycles. The zero-order chi connectivity index (χ0) is 20.1. The summed E-state index contributed by atoms with van der Waals surface area (Å²) < 4.78 is 0. The molecule has 1 aromatic heterocycles. The Balaban J connectivity index is 1.65. The second-order valence-corrected chi connectivity index (χ2v) is 7.35. The Hall–Kier alpha value is -3.32. The molecule has 0 atom stereocenters. The Morgan fingerprint density at radius 3 is 2.64 bits per heavy atom. The number of anilines is 1. The number of hydrogen-bond acceptors (Lipinski definition) is 5. The van der Waals surface area contributed by atoms with Crippen molar-refractivity contribution in [2.45, 2.75) is 19.8 Å². The highest BCUT2D eigenvalue weighted by Crippen LogP contribution is 2.26. The van der Waals surface area contributed by atoms with Crippen molar-refractivity contribution in [1.29, 1.82) is 0 Å². The summed E-state index contributed by atoms with van der Waals surface area (Å²) in [5.41, 5.74) is 3.62. The molecule has 0 saturated heterocycles. The van der Waals surface area contributed by atoms with Crippen molar-refractivity contribution < 1.29 is 9.72 Å². The molecule has 1 amide bonds. The van der Waals surface area contributed by atoms with Crippen LogP contribution in [0.5, 0.6) is 0 Å². The van der Waals surface area contributed by atoms with E-state index >= 15 is 0 Å². The van der Waals surface area contributed by atoms with Gasteiger partial charge in [0.2, 0.25) is 5.91 Å². The van der Waals surface area contributed by atoms with E-state index in [2.05, 4.69) is 36.3 Å². The quantitative estimate of drug-likeness (QED) is 0.341. The van der Waals surface area contributed by atoms with Gasteiger partial charge in [0.15, 0.2) is 5.13 Å². The average Bonchev–Trinajstić information content (AvgIpc) is 3.15. The predicted molar refractivity (Wildman–Crippen MR) is 112 cm³/mol. The van der Waals surface area contributed by atoms with E-state index in [0.717, 1.165) is 11.3 Å². The SMILES string of the molecule is CC(C)c1ccc(-c2csc(NC(=O)C=Cc3cccc([N+](=O)[O-])c3)n2)cc1. The van der Waals surface area contributed by atoms with Crippen LogP contribution in [0.4, 0.5) is 10.8 Å². The van der Waals surface area contributed by atoms with Crippen LogP contribution in [-0.4, -0.2) is 15.8 Å². The van der Waals surface area contributed by atoms with E-state index in [4.69, 9.17) is 0 Å². The van der Waals surface area contributed by atoms with Gasteiger partial charge in [0.05, 0.1) is 10.6 Å². The Labute approximate surface area is 166 Å². The number of aromatic nitrogens is 1. The lowest BCUT2D eigenvalue weighted by Crippen LogP contribution is -2.07. The van der Waals surface area contributed by atoms with Crippen molar-refractivity contribution in [3.8, 4) is 11.3 Å². The molecule has 0 aliphatic heterocycles. The molecule has 1 N–H and O–H groups in total. The van der Waals surface area contributed by atoms with Gasteiger partial charge in [-0.05, 0) is 23.1 Å². The molecule has 28 heavy (non-hydrogen) atoms. The molecule has 142 valence electrons. The van der Waals surface area contributed by atoms with Crippen LogP contribution in [-0.2, 0) is 4.79 Å². The van der Waals surface area contributed by atoms with E-state index in [9.17, 15) is 14.9 Å². The van der Waals surface area contributed by atoms with Crippen molar-refractivity contribution in [2.75, 3.05) is 5.32 Å². The van der Waals surface area contributed by atoms with Gasteiger partial charge in [0.25, 0.3) is 5.69 Å². The first-order valence-electron chi connectivity index (χ1n) is 8.72. The summed E-state index contributed by atoms with van der Waals surface area (Å²) in [4.78, 5) is 26.9. The minimum atomic E-state index is -0.470. The topological polar surface area (TPSA) is 85.1 Å². The number of rotatable bonds is 6. The van der Waals surface area contributed by atoms with Crippen LogP contribution >= 0.6 is 11.3 Å².